The molecule has 0 rings (SSSR count). The second-order valence-electron chi connectivity index (χ2n) is 7.77. The molecule has 0 aromatic carbocycles. The lowest BCUT2D eigenvalue weighted by molar-refractivity contribution is -0.129. The molecule has 32 heavy (non-hydrogen) atoms. The lowest BCUT2D eigenvalue weighted by Crippen LogP contribution is -2.49. The van der Waals surface area contributed by atoms with Gasteiger partial charge >= 0.3 is 13.9 Å². The van der Waals surface area contributed by atoms with E-state index in [-0.39, 0.29) is 26.3 Å². The van der Waals surface area contributed by atoms with Crippen molar-refractivity contribution in [3.63, 3.8) is 0 Å². The van der Waals surface area contributed by atoms with Gasteiger partial charge in [-0.1, -0.05) is 6.08 Å². The van der Waals surface area contributed by atoms with Crippen molar-refractivity contribution in [1.82, 2.24) is 16.0 Å². The number of carbonyl (C=O) groups is 3. The number of phosphoric acid groups is 1. The molecule has 0 aliphatic rings. The van der Waals surface area contributed by atoms with Gasteiger partial charge in [-0.2, -0.15) is 0 Å². The number of hydrogen-bond acceptors (Lipinski definition) is 9. The Morgan fingerprint density at radius 3 is 2.31 bits per heavy atom. The number of aliphatic hydroxyl groups excluding tert-OH is 1. The summed E-state index contributed by atoms with van der Waals surface area (Å²) in [6.45, 7) is 10.6. The van der Waals surface area contributed by atoms with E-state index in [1.807, 2.05) is 0 Å². The lowest BCUT2D eigenvalue weighted by Gasteiger charge is -2.22. The normalized spacial score (nSPS) is 15.1. The number of amides is 3. The van der Waals surface area contributed by atoms with Crippen molar-refractivity contribution in [1.29, 1.82) is 0 Å². The van der Waals surface area contributed by atoms with E-state index >= 15 is 0 Å². The van der Waals surface area contributed by atoms with Crippen molar-refractivity contribution in [2.24, 2.45) is 0 Å². The Bertz CT molecular complexity index is 665. The SMILES string of the molecule is C=CCOP(=O)(OCCNC(=O)OC(C)(C)C)OC[C@H](NC(C)=O)C(=O)NCCC(C)O. The molecule has 0 bridgehead atoms. The summed E-state index contributed by atoms with van der Waals surface area (Å²) in [6.07, 6.45) is 0.352. The molecule has 0 heterocycles. The van der Waals surface area contributed by atoms with Gasteiger partial charge in [-0.15, -0.1) is 6.58 Å². The van der Waals surface area contributed by atoms with E-state index in [0.717, 1.165) is 0 Å². The van der Waals surface area contributed by atoms with Gasteiger partial charge in [0.15, 0.2) is 0 Å². The second-order valence-corrected chi connectivity index (χ2v) is 9.44. The minimum Gasteiger partial charge on any atom is -0.444 e. The molecule has 3 atom stereocenters. The zero-order valence-electron chi connectivity index (χ0n) is 19.3. The summed E-state index contributed by atoms with van der Waals surface area (Å²) in [6, 6.07) is -1.18. The Hall–Kier alpha value is -1.98. The molecule has 0 aliphatic carbocycles. The van der Waals surface area contributed by atoms with Crippen LogP contribution in [-0.4, -0.2) is 73.7 Å². The summed E-state index contributed by atoms with van der Waals surface area (Å²) >= 11 is 0. The fraction of sp³-hybridized carbons (Fsp3) is 0.737. The summed E-state index contributed by atoms with van der Waals surface area (Å²) in [5.74, 6) is -1.10. The average Bonchev–Trinajstić information content (AvgIpc) is 2.65. The Morgan fingerprint density at radius 1 is 1.12 bits per heavy atom. The lowest BCUT2D eigenvalue weighted by atomic mass is 10.2. The Balaban J connectivity index is 4.86. The monoisotopic (exact) mass is 481 g/mol. The first kappa shape index (κ1) is 30.0. The molecule has 0 fully saturated rings. The minimum atomic E-state index is -4.15. The molecule has 0 aromatic heterocycles. The summed E-state index contributed by atoms with van der Waals surface area (Å²) in [5.41, 5.74) is -0.676. The van der Waals surface area contributed by atoms with Gasteiger partial charge < -0.3 is 25.8 Å². The predicted octanol–water partition coefficient (Wildman–Crippen LogP) is 1.25. The molecule has 12 nitrogen and oxygen atoms in total. The molecule has 4 N–H and O–H groups in total. The van der Waals surface area contributed by atoms with Crippen LogP contribution in [0.4, 0.5) is 4.79 Å². The van der Waals surface area contributed by atoms with Crippen molar-refractivity contribution >= 4 is 25.7 Å². The first-order valence-electron chi connectivity index (χ1n) is 10.1. The summed E-state index contributed by atoms with van der Waals surface area (Å²) in [7, 11) is -4.15. The molecule has 186 valence electrons. The second kappa shape index (κ2) is 15.0. The van der Waals surface area contributed by atoms with Gasteiger partial charge in [0.05, 0.1) is 25.9 Å². The van der Waals surface area contributed by atoms with Gasteiger partial charge in [0, 0.05) is 20.0 Å². The molecular weight excluding hydrogens is 445 g/mol. The third kappa shape index (κ3) is 15.8. The molecule has 0 radical (unpaired) electrons. The third-order valence-corrected chi connectivity index (χ3v) is 4.75. The molecular formula is C19H36N3O9P. The molecule has 0 spiro atoms. The third-order valence-electron chi connectivity index (χ3n) is 3.32. The predicted molar refractivity (Wildman–Crippen MR) is 117 cm³/mol. The van der Waals surface area contributed by atoms with Crippen LogP contribution in [0.2, 0.25) is 0 Å². The number of ether oxygens (including phenoxy) is 1. The molecule has 0 aromatic rings. The Kier molecular flexibility index (Phi) is 14.0. The molecule has 0 saturated heterocycles. The number of phosphoric ester groups is 1. The Morgan fingerprint density at radius 2 is 1.78 bits per heavy atom. The molecule has 3 amide bonds. The molecule has 0 aliphatic heterocycles. The van der Waals surface area contributed by atoms with Crippen LogP contribution in [0.1, 0.15) is 41.0 Å². The summed E-state index contributed by atoms with van der Waals surface area (Å²) < 4.78 is 33.4. The highest BCUT2D eigenvalue weighted by atomic mass is 31.2. The smallest absolute Gasteiger partial charge is 0.444 e. The van der Waals surface area contributed by atoms with Crippen LogP contribution in [-0.2, 0) is 32.5 Å². The Labute approximate surface area is 189 Å². The molecule has 0 saturated carbocycles. The van der Waals surface area contributed by atoms with Crippen molar-refractivity contribution in [3.8, 4) is 0 Å². The number of carbonyl (C=O) groups excluding carboxylic acids is 3. The highest BCUT2D eigenvalue weighted by molar-refractivity contribution is 7.48. The van der Waals surface area contributed by atoms with Crippen molar-refractivity contribution in [2.45, 2.75) is 58.8 Å². The molecule has 2 unspecified atom stereocenters. The maximum Gasteiger partial charge on any atom is 0.475 e. The van der Waals surface area contributed by atoms with Gasteiger partial charge in [0.2, 0.25) is 11.8 Å². The topological polar surface area (TPSA) is 162 Å². The fourth-order valence-electron chi connectivity index (χ4n) is 2.00. The highest BCUT2D eigenvalue weighted by Crippen LogP contribution is 2.49. The van der Waals surface area contributed by atoms with E-state index in [4.69, 9.17) is 18.3 Å². The first-order valence-corrected chi connectivity index (χ1v) is 11.6. The first-order chi connectivity index (χ1) is 14.8. The largest absolute Gasteiger partial charge is 0.475 e. The summed E-state index contributed by atoms with van der Waals surface area (Å²) in [4.78, 5) is 35.4. The zero-order chi connectivity index (χ0) is 24.8. The van der Waals surface area contributed by atoms with Gasteiger partial charge in [0.1, 0.15) is 11.6 Å². The summed E-state index contributed by atoms with van der Waals surface area (Å²) in [5, 5.41) is 16.6. The van der Waals surface area contributed by atoms with E-state index < -0.39 is 50.1 Å². The number of rotatable bonds is 15. The average molecular weight is 481 g/mol. The van der Waals surface area contributed by atoms with Gasteiger partial charge in [-0.05, 0) is 34.1 Å². The van der Waals surface area contributed by atoms with E-state index in [2.05, 4.69) is 22.5 Å². The minimum absolute atomic E-state index is 0.0470. The van der Waals surface area contributed by atoms with Crippen LogP contribution in [0.15, 0.2) is 12.7 Å². The maximum absolute atomic E-state index is 12.8. The maximum atomic E-state index is 12.8. The van der Waals surface area contributed by atoms with E-state index in [1.54, 1.807) is 27.7 Å². The van der Waals surface area contributed by atoms with Crippen LogP contribution in [0, 0.1) is 0 Å². The quantitative estimate of drug-likeness (QED) is 0.153. The number of alkyl carbamates (subject to hydrolysis) is 1. The van der Waals surface area contributed by atoms with Crippen LogP contribution < -0.4 is 16.0 Å². The molecule has 13 heteroatoms. The van der Waals surface area contributed by atoms with Crippen LogP contribution in [0.5, 0.6) is 0 Å². The van der Waals surface area contributed by atoms with Crippen molar-refractivity contribution in [2.75, 3.05) is 32.9 Å². The van der Waals surface area contributed by atoms with E-state index in [1.165, 1.54) is 13.0 Å². The number of hydrogen-bond donors (Lipinski definition) is 4. The van der Waals surface area contributed by atoms with Crippen molar-refractivity contribution < 1.29 is 42.4 Å². The van der Waals surface area contributed by atoms with E-state index in [0.29, 0.717) is 6.42 Å². The van der Waals surface area contributed by atoms with Crippen LogP contribution in [0.3, 0.4) is 0 Å². The van der Waals surface area contributed by atoms with Gasteiger partial charge in [-0.25, -0.2) is 9.36 Å². The number of aliphatic hydroxyl groups is 1. The highest BCUT2D eigenvalue weighted by Gasteiger charge is 2.30. The van der Waals surface area contributed by atoms with Gasteiger partial charge in [-0.3, -0.25) is 23.2 Å². The van der Waals surface area contributed by atoms with E-state index in [9.17, 15) is 24.1 Å². The van der Waals surface area contributed by atoms with Crippen molar-refractivity contribution in [3.05, 3.63) is 12.7 Å². The van der Waals surface area contributed by atoms with Crippen LogP contribution >= 0.6 is 7.82 Å². The standard InChI is InChI=1S/C19H36N3O9P/c1-7-11-28-32(27,29-12-10-21-18(26)31-19(4,5)6)30-13-16(22-15(3)24)17(25)20-9-8-14(2)23/h7,14,16,23H,1,8-13H2,2-6H3,(H,20,25)(H,21,26)(H,22,24)/t14?,16-,32?/m0/s1. The zero-order valence-corrected chi connectivity index (χ0v) is 20.2. The van der Waals surface area contributed by atoms with Gasteiger partial charge in [0.25, 0.3) is 0 Å². The number of nitrogens with one attached hydrogen (secondary N) is 3. The fourth-order valence-corrected chi connectivity index (χ4v) is 3.16. The van der Waals surface area contributed by atoms with Crippen LogP contribution in [0.25, 0.3) is 0 Å².